The van der Waals surface area contributed by atoms with Crippen molar-refractivity contribution in [1.29, 1.82) is 0 Å². The number of carbonyl (C=O) groups is 1. The molecular weight excluding hydrogens is 281 g/mol. The minimum atomic E-state index is -0.404. The molecule has 1 N–H and O–H groups in total. The first-order valence-corrected chi connectivity index (χ1v) is 6.30. The van der Waals surface area contributed by atoms with Gasteiger partial charge < -0.3 is 10.2 Å². The van der Waals surface area contributed by atoms with Crippen molar-refractivity contribution in [1.82, 2.24) is 15.2 Å². The summed E-state index contributed by atoms with van der Waals surface area (Å²) < 4.78 is 13.6. The first kappa shape index (κ1) is 14.7. The Balaban J connectivity index is 0.00000147. The Bertz CT molecular complexity index is 629. The minimum Gasteiger partial charge on any atom is -0.336 e. The third kappa shape index (κ3) is 2.73. The summed E-state index contributed by atoms with van der Waals surface area (Å²) >= 11 is 0. The zero-order valence-electron chi connectivity index (χ0n) is 10.8. The van der Waals surface area contributed by atoms with E-state index >= 15 is 0 Å². The van der Waals surface area contributed by atoms with Crippen molar-refractivity contribution in [2.24, 2.45) is 0 Å². The predicted molar refractivity (Wildman–Crippen MR) is 77.7 cm³/mol. The third-order valence-electron chi connectivity index (χ3n) is 3.30. The van der Waals surface area contributed by atoms with Crippen molar-refractivity contribution >= 4 is 29.2 Å². The van der Waals surface area contributed by atoms with Crippen molar-refractivity contribution in [2.75, 3.05) is 26.2 Å². The number of aromatic nitrogens is 1. The molecule has 0 bridgehead atoms. The molecule has 0 atom stereocenters. The summed E-state index contributed by atoms with van der Waals surface area (Å²) in [5.74, 6) is -0.552. The van der Waals surface area contributed by atoms with Gasteiger partial charge in [-0.2, -0.15) is 0 Å². The summed E-state index contributed by atoms with van der Waals surface area (Å²) in [4.78, 5) is 18.4. The highest BCUT2D eigenvalue weighted by molar-refractivity contribution is 6.05. The highest BCUT2D eigenvalue weighted by atomic mass is 35.5. The number of hydrogen-bond acceptors (Lipinski definition) is 3. The molecule has 106 valence electrons. The largest absolute Gasteiger partial charge is 0.336 e. The van der Waals surface area contributed by atoms with Crippen molar-refractivity contribution in [3.8, 4) is 0 Å². The average Bonchev–Trinajstić information content (AvgIpc) is 2.46. The molecule has 0 radical (unpaired) electrons. The number of halogens is 2. The van der Waals surface area contributed by atoms with Gasteiger partial charge in [-0.1, -0.05) is 6.07 Å². The Morgan fingerprint density at radius 3 is 2.80 bits per heavy atom. The van der Waals surface area contributed by atoms with Crippen molar-refractivity contribution in [2.45, 2.75) is 0 Å². The van der Waals surface area contributed by atoms with E-state index in [1.54, 1.807) is 23.2 Å². The van der Waals surface area contributed by atoms with Crippen LogP contribution in [0.25, 0.3) is 10.9 Å². The number of pyridine rings is 1. The first-order valence-electron chi connectivity index (χ1n) is 6.30. The van der Waals surface area contributed by atoms with E-state index in [2.05, 4.69) is 10.3 Å². The molecule has 1 aromatic carbocycles. The molecule has 1 aliphatic heterocycles. The Morgan fingerprint density at radius 2 is 2.05 bits per heavy atom. The van der Waals surface area contributed by atoms with Crippen LogP contribution in [0.15, 0.2) is 30.5 Å². The first-order chi connectivity index (χ1) is 9.25. The number of nitrogens with zero attached hydrogens (tertiary/aromatic N) is 2. The molecule has 1 amide bonds. The van der Waals surface area contributed by atoms with E-state index in [1.165, 1.54) is 12.1 Å². The standard InChI is InChI=1S/C14H14FN3O.ClH/c15-11-8-10-2-1-3-17-13(10)12(9-11)14(19)18-6-4-16-5-7-18;/h1-3,8-9,16H,4-7H2;1H. The normalized spacial score (nSPS) is 14.9. The zero-order chi connectivity index (χ0) is 13.2. The van der Waals surface area contributed by atoms with Gasteiger partial charge in [-0.3, -0.25) is 9.78 Å². The summed E-state index contributed by atoms with van der Waals surface area (Å²) in [6, 6.07) is 6.18. The van der Waals surface area contributed by atoms with Gasteiger partial charge in [0.2, 0.25) is 0 Å². The second-order valence-electron chi connectivity index (χ2n) is 4.57. The van der Waals surface area contributed by atoms with Crippen LogP contribution in [0.5, 0.6) is 0 Å². The number of piperazine rings is 1. The van der Waals surface area contributed by atoms with E-state index in [1.807, 2.05) is 0 Å². The van der Waals surface area contributed by atoms with Crippen LogP contribution < -0.4 is 5.32 Å². The molecule has 2 heterocycles. The lowest BCUT2D eigenvalue weighted by molar-refractivity contribution is 0.0737. The van der Waals surface area contributed by atoms with Crippen LogP contribution in [-0.4, -0.2) is 42.0 Å². The Hall–Kier alpha value is -1.72. The number of carbonyl (C=O) groups excluding carboxylic acids is 1. The maximum atomic E-state index is 13.6. The monoisotopic (exact) mass is 295 g/mol. The molecular formula is C14H15ClFN3O. The van der Waals surface area contributed by atoms with Crippen LogP contribution in [-0.2, 0) is 0 Å². The van der Waals surface area contributed by atoms with Gasteiger partial charge >= 0.3 is 0 Å². The predicted octanol–water partition coefficient (Wildman–Crippen LogP) is 1.84. The molecule has 0 spiro atoms. The number of fused-ring (bicyclic) bond motifs is 1. The zero-order valence-corrected chi connectivity index (χ0v) is 11.6. The molecule has 1 aromatic heterocycles. The highest BCUT2D eigenvalue weighted by Crippen LogP contribution is 2.20. The molecule has 1 saturated heterocycles. The molecule has 20 heavy (non-hydrogen) atoms. The topological polar surface area (TPSA) is 45.2 Å². The average molecular weight is 296 g/mol. The van der Waals surface area contributed by atoms with E-state index in [4.69, 9.17) is 0 Å². The molecule has 4 nitrogen and oxygen atoms in total. The SMILES string of the molecule is Cl.O=C(c1cc(F)cc2cccnc12)N1CCNCC1. The number of benzene rings is 1. The Morgan fingerprint density at radius 1 is 1.30 bits per heavy atom. The van der Waals surface area contributed by atoms with E-state index in [9.17, 15) is 9.18 Å². The van der Waals surface area contributed by atoms with Crippen molar-refractivity contribution in [3.05, 3.63) is 41.8 Å². The smallest absolute Gasteiger partial charge is 0.256 e. The molecule has 1 aliphatic rings. The van der Waals surface area contributed by atoms with E-state index < -0.39 is 5.82 Å². The number of amides is 1. The van der Waals surface area contributed by atoms with Crippen LogP contribution in [0, 0.1) is 5.82 Å². The summed E-state index contributed by atoms with van der Waals surface area (Å²) in [5, 5.41) is 3.84. The van der Waals surface area contributed by atoms with Gasteiger partial charge in [-0.05, 0) is 18.2 Å². The lowest BCUT2D eigenvalue weighted by Gasteiger charge is -2.27. The lowest BCUT2D eigenvalue weighted by atomic mass is 10.1. The van der Waals surface area contributed by atoms with Crippen LogP contribution in [0.4, 0.5) is 4.39 Å². The molecule has 2 aromatic rings. The third-order valence-corrected chi connectivity index (χ3v) is 3.30. The second-order valence-corrected chi connectivity index (χ2v) is 4.57. The molecule has 6 heteroatoms. The van der Waals surface area contributed by atoms with Crippen LogP contribution >= 0.6 is 12.4 Å². The fourth-order valence-electron chi connectivity index (χ4n) is 2.36. The van der Waals surface area contributed by atoms with Gasteiger partial charge in [0, 0.05) is 37.8 Å². The molecule has 0 unspecified atom stereocenters. The maximum absolute atomic E-state index is 13.6. The van der Waals surface area contributed by atoms with Gasteiger partial charge in [0.1, 0.15) is 5.82 Å². The Labute approximate surface area is 122 Å². The number of rotatable bonds is 1. The van der Waals surface area contributed by atoms with Crippen molar-refractivity contribution in [3.63, 3.8) is 0 Å². The van der Waals surface area contributed by atoms with Crippen LogP contribution in [0.3, 0.4) is 0 Å². The molecule has 1 fully saturated rings. The van der Waals surface area contributed by atoms with Crippen molar-refractivity contribution < 1.29 is 9.18 Å². The van der Waals surface area contributed by atoms with E-state index in [0.717, 1.165) is 13.1 Å². The van der Waals surface area contributed by atoms with Crippen LogP contribution in [0.2, 0.25) is 0 Å². The summed E-state index contributed by atoms with van der Waals surface area (Å²) in [5.41, 5.74) is 0.907. The van der Waals surface area contributed by atoms with E-state index in [-0.39, 0.29) is 18.3 Å². The molecule has 0 aliphatic carbocycles. The summed E-state index contributed by atoms with van der Waals surface area (Å²) in [6.45, 7) is 2.83. The summed E-state index contributed by atoms with van der Waals surface area (Å²) in [6.07, 6.45) is 1.62. The fraction of sp³-hybridized carbons (Fsp3) is 0.286. The molecule has 3 rings (SSSR count). The Kier molecular flexibility index (Phi) is 4.52. The number of hydrogen-bond donors (Lipinski definition) is 1. The quantitative estimate of drug-likeness (QED) is 0.873. The summed E-state index contributed by atoms with van der Waals surface area (Å²) in [7, 11) is 0. The van der Waals surface area contributed by atoms with E-state index in [0.29, 0.717) is 29.6 Å². The molecule has 0 saturated carbocycles. The van der Waals surface area contributed by atoms with Crippen LogP contribution in [0.1, 0.15) is 10.4 Å². The van der Waals surface area contributed by atoms with Gasteiger partial charge in [0.05, 0.1) is 11.1 Å². The second kappa shape index (κ2) is 6.15. The van der Waals surface area contributed by atoms with Gasteiger partial charge in [-0.25, -0.2) is 4.39 Å². The minimum absolute atomic E-state index is 0. The fourth-order valence-corrected chi connectivity index (χ4v) is 2.36. The van der Waals surface area contributed by atoms with Gasteiger partial charge in [-0.15, -0.1) is 12.4 Å². The van der Waals surface area contributed by atoms with Gasteiger partial charge in [0.25, 0.3) is 5.91 Å². The highest BCUT2D eigenvalue weighted by Gasteiger charge is 2.21. The maximum Gasteiger partial charge on any atom is 0.256 e. The van der Waals surface area contributed by atoms with Gasteiger partial charge in [0.15, 0.2) is 0 Å². The number of nitrogens with one attached hydrogen (secondary N) is 1. The lowest BCUT2D eigenvalue weighted by Crippen LogP contribution is -2.46.